The van der Waals surface area contributed by atoms with E-state index in [1.54, 1.807) is 31.4 Å². The monoisotopic (exact) mass is 492 g/mol. The van der Waals surface area contributed by atoms with E-state index in [0.717, 1.165) is 5.52 Å². The minimum atomic E-state index is -0.597. The molecule has 3 aromatic rings. The molecule has 0 amide bonds. The Morgan fingerprint density at radius 3 is 2.61 bits per heavy atom. The lowest BCUT2D eigenvalue weighted by molar-refractivity contribution is 0.00696. The number of imidazole rings is 1. The molecule has 1 N–H and O–H groups in total. The zero-order valence-electron chi connectivity index (χ0n) is 18.0. The minimum Gasteiger partial charge on any atom is -0.456 e. The first kappa shape index (κ1) is 23.4. The maximum absolute atomic E-state index is 14.2. The molecular formula is C23H26BrFN2O4. The average Bonchev–Trinajstić information content (AvgIpc) is 3.03. The predicted octanol–water partition coefficient (Wildman–Crippen LogP) is 4.62. The number of benzene rings is 2. The summed E-state index contributed by atoms with van der Waals surface area (Å²) in [5, 5.41) is 9.71. The first-order valence-corrected chi connectivity index (χ1v) is 10.7. The third-order valence-corrected chi connectivity index (χ3v) is 5.35. The van der Waals surface area contributed by atoms with Crippen LogP contribution in [0.5, 0.6) is 0 Å². The molecule has 0 spiro atoms. The van der Waals surface area contributed by atoms with Crippen molar-refractivity contribution < 1.29 is 23.8 Å². The maximum Gasteiger partial charge on any atom is 0.338 e. The van der Waals surface area contributed by atoms with Crippen LogP contribution in [-0.4, -0.2) is 39.9 Å². The van der Waals surface area contributed by atoms with Crippen LogP contribution in [0.15, 0.2) is 34.8 Å². The number of rotatable bonds is 7. The Morgan fingerprint density at radius 1 is 1.23 bits per heavy atom. The van der Waals surface area contributed by atoms with E-state index >= 15 is 0 Å². The van der Waals surface area contributed by atoms with Crippen LogP contribution in [0.4, 0.5) is 4.39 Å². The van der Waals surface area contributed by atoms with Crippen LogP contribution < -0.4 is 0 Å². The fraction of sp³-hybridized carbons (Fsp3) is 0.391. The summed E-state index contributed by atoms with van der Waals surface area (Å²) in [4.78, 5) is 17.2. The number of nitrogens with zero attached hydrogens (tertiary/aromatic N) is 2. The molecule has 0 bridgehead atoms. The highest BCUT2D eigenvalue weighted by Crippen LogP contribution is 2.26. The summed E-state index contributed by atoms with van der Waals surface area (Å²) in [6.45, 7) is 6.20. The van der Waals surface area contributed by atoms with Gasteiger partial charge in [0.25, 0.3) is 0 Å². The van der Waals surface area contributed by atoms with E-state index < -0.39 is 17.4 Å². The van der Waals surface area contributed by atoms with Gasteiger partial charge in [-0.2, -0.15) is 0 Å². The minimum absolute atomic E-state index is 0.213. The van der Waals surface area contributed by atoms with Crippen molar-refractivity contribution in [2.75, 3.05) is 13.7 Å². The molecule has 8 heteroatoms. The van der Waals surface area contributed by atoms with Crippen LogP contribution in [0.1, 0.15) is 48.1 Å². The molecule has 0 saturated carbocycles. The van der Waals surface area contributed by atoms with Crippen molar-refractivity contribution in [3.63, 3.8) is 0 Å². The number of hydrogen-bond acceptors (Lipinski definition) is 5. The van der Waals surface area contributed by atoms with Crippen molar-refractivity contribution in [1.82, 2.24) is 9.55 Å². The molecule has 0 radical (unpaired) electrons. The molecule has 3 rings (SSSR count). The Hall–Kier alpha value is -2.29. The zero-order valence-corrected chi connectivity index (χ0v) is 19.6. The van der Waals surface area contributed by atoms with Gasteiger partial charge in [-0.05, 0) is 78.2 Å². The lowest BCUT2D eigenvalue weighted by atomic mass is 10.0. The molecule has 0 aliphatic carbocycles. The van der Waals surface area contributed by atoms with E-state index in [1.165, 1.54) is 6.07 Å². The van der Waals surface area contributed by atoms with Crippen molar-refractivity contribution in [2.24, 2.45) is 0 Å². The summed E-state index contributed by atoms with van der Waals surface area (Å²) in [5.74, 6) is -0.128. The van der Waals surface area contributed by atoms with Crippen molar-refractivity contribution in [3.8, 4) is 0 Å². The van der Waals surface area contributed by atoms with Crippen LogP contribution in [0.2, 0.25) is 0 Å². The summed E-state index contributed by atoms with van der Waals surface area (Å²) >= 11 is 3.16. The maximum atomic E-state index is 14.2. The number of fused-ring (bicyclic) bond motifs is 1. The largest absolute Gasteiger partial charge is 0.456 e. The summed E-state index contributed by atoms with van der Waals surface area (Å²) in [6.07, 6.45) is 0.320. The van der Waals surface area contributed by atoms with Crippen LogP contribution in [0.25, 0.3) is 11.0 Å². The average molecular weight is 493 g/mol. The van der Waals surface area contributed by atoms with Crippen molar-refractivity contribution in [1.29, 1.82) is 0 Å². The van der Waals surface area contributed by atoms with Gasteiger partial charge in [0.05, 0.1) is 34.3 Å². The first-order valence-electron chi connectivity index (χ1n) is 9.92. The number of ether oxygens (including phenoxy) is 2. The van der Waals surface area contributed by atoms with Crippen molar-refractivity contribution >= 4 is 32.9 Å². The summed E-state index contributed by atoms with van der Waals surface area (Å²) < 4.78 is 27.1. The number of hydrogen-bond donors (Lipinski definition) is 1. The van der Waals surface area contributed by atoms with Crippen molar-refractivity contribution in [3.05, 3.63) is 63.1 Å². The quantitative estimate of drug-likeness (QED) is 0.487. The molecule has 6 nitrogen and oxygen atoms in total. The molecular weight excluding hydrogens is 467 g/mol. The van der Waals surface area contributed by atoms with E-state index in [9.17, 15) is 14.3 Å². The standard InChI is InChI=1S/C23H26BrFN2O4/c1-23(2,3)31-22(29)14-5-6-19-20(11-14)27(7-8-30-4)21(26-19)12-15-10-18(25)17(24)9-16(15)13-28/h5-6,9-11,28H,7-8,12-13H2,1-4H3. The van der Waals surface area contributed by atoms with Gasteiger partial charge in [0.2, 0.25) is 0 Å². The topological polar surface area (TPSA) is 73.6 Å². The molecule has 1 aromatic heterocycles. The van der Waals surface area contributed by atoms with Gasteiger partial charge in [-0.25, -0.2) is 14.2 Å². The molecule has 0 unspecified atom stereocenters. The second-order valence-corrected chi connectivity index (χ2v) is 9.10. The number of aliphatic hydroxyl groups is 1. The van der Waals surface area contributed by atoms with E-state index in [0.29, 0.717) is 52.1 Å². The fourth-order valence-corrected chi connectivity index (χ4v) is 3.71. The lowest BCUT2D eigenvalue weighted by Crippen LogP contribution is -2.23. The lowest BCUT2D eigenvalue weighted by Gasteiger charge is -2.19. The Bertz CT molecular complexity index is 1110. The van der Waals surface area contributed by atoms with Gasteiger partial charge in [0.15, 0.2) is 0 Å². The van der Waals surface area contributed by atoms with Gasteiger partial charge in [-0.1, -0.05) is 0 Å². The first-order chi connectivity index (χ1) is 14.6. The normalized spacial score (nSPS) is 11.8. The van der Waals surface area contributed by atoms with Gasteiger partial charge in [-0.15, -0.1) is 0 Å². The third-order valence-electron chi connectivity index (χ3n) is 4.74. The SMILES string of the molecule is COCCn1c(Cc2cc(F)c(Br)cc2CO)nc2ccc(C(=O)OC(C)(C)C)cc21. The van der Waals surface area contributed by atoms with Crippen LogP contribution >= 0.6 is 15.9 Å². The smallest absolute Gasteiger partial charge is 0.338 e. The predicted molar refractivity (Wildman–Crippen MR) is 120 cm³/mol. The number of aromatic nitrogens is 2. The Balaban J connectivity index is 2.05. The van der Waals surface area contributed by atoms with E-state index in [2.05, 4.69) is 15.9 Å². The molecule has 166 valence electrons. The molecule has 31 heavy (non-hydrogen) atoms. The number of halogens is 2. The van der Waals surface area contributed by atoms with Gasteiger partial charge in [0.1, 0.15) is 17.2 Å². The van der Waals surface area contributed by atoms with E-state index in [1.807, 2.05) is 25.3 Å². The third kappa shape index (κ3) is 5.50. The second kappa shape index (κ2) is 9.46. The molecule has 0 aliphatic heterocycles. The molecule has 1 heterocycles. The number of esters is 1. The summed E-state index contributed by atoms with van der Waals surface area (Å²) in [7, 11) is 1.61. The van der Waals surface area contributed by atoms with Crippen LogP contribution in [0.3, 0.4) is 0 Å². The molecule has 0 saturated heterocycles. The van der Waals surface area contributed by atoms with Crippen LogP contribution in [-0.2, 0) is 29.0 Å². The highest BCUT2D eigenvalue weighted by molar-refractivity contribution is 9.10. The van der Waals surface area contributed by atoms with Gasteiger partial charge in [0, 0.05) is 20.1 Å². The number of aliphatic hydroxyl groups excluding tert-OH is 1. The summed E-state index contributed by atoms with van der Waals surface area (Å²) in [6, 6.07) is 8.20. The fourth-order valence-electron chi connectivity index (χ4n) is 3.31. The van der Waals surface area contributed by atoms with Gasteiger partial charge in [-0.3, -0.25) is 0 Å². The second-order valence-electron chi connectivity index (χ2n) is 8.25. The Labute approximate surface area is 189 Å². The zero-order chi connectivity index (χ0) is 22.8. The molecule has 0 atom stereocenters. The number of carbonyl (C=O) groups is 1. The van der Waals surface area contributed by atoms with E-state index in [4.69, 9.17) is 14.5 Å². The Kier molecular flexibility index (Phi) is 7.13. The van der Waals surface area contributed by atoms with Crippen molar-refractivity contribution in [2.45, 2.75) is 45.9 Å². The highest BCUT2D eigenvalue weighted by Gasteiger charge is 2.20. The molecule has 0 fully saturated rings. The van der Waals surface area contributed by atoms with E-state index in [-0.39, 0.29) is 6.61 Å². The highest BCUT2D eigenvalue weighted by atomic mass is 79.9. The number of carbonyl (C=O) groups excluding carboxylic acids is 1. The van der Waals surface area contributed by atoms with Gasteiger partial charge < -0.3 is 19.1 Å². The molecule has 0 aliphatic rings. The van der Waals surface area contributed by atoms with Crippen LogP contribution in [0, 0.1) is 5.82 Å². The Morgan fingerprint density at radius 2 is 1.97 bits per heavy atom. The van der Waals surface area contributed by atoms with Gasteiger partial charge >= 0.3 is 5.97 Å². The number of methoxy groups -OCH3 is 1. The summed E-state index contributed by atoms with van der Waals surface area (Å²) in [5.41, 5.74) is 2.57. The molecule has 2 aromatic carbocycles.